The Kier molecular flexibility index (Phi) is 4.16. The zero-order valence-electron chi connectivity index (χ0n) is 10.6. The summed E-state index contributed by atoms with van der Waals surface area (Å²) in [5.74, 6) is 0.518. The Bertz CT molecular complexity index is 587. The van der Waals surface area contributed by atoms with Gasteiger partial charge < -0.3 is 9.64 Å². The van der Waals surface area contributed by atoms with Gasteiger partial charge in [0.1, 0.15) is 5.75 Å². The molecule has 4 nitrogen and oxygen atoms in total. The smallest absolute Gasteiger partial charge is 0.259 e. The van der Waals surface area contributed by atoms with E-state index in [1.165, 1.54) is 0 Å². The van der Waals surface area contributed by atoms with Crippen molar-refractivity contribution in [1.82, 2.24) is 4.98 Å². The van der Waals surface area contributed by atoms with Crippen LogP contribution in [0.5, 0.6) is 5.75 Å². The number of methoxy groups -OCH3 is 1. The van der Waals surface area contributed by atoms with Gasteiger partial charge in [0, 0.05) is 17.7 Å². The topological polar surface area (TPSA) is 42.4 Å². The van der Waals surface area contributed by atoms with Gasteiger partial charge >= 0.3 is 0 Å². The summed E-state index contributed by atoms with van der Waals surface area (Å²) in [6, 6.07) is 8.92. The van der Waals surface area contributed by atoms with Crippen LogP contribution in [-0.4, -0.2) is 25.0 Å². The molecule has 0 aliphatic heterocycles. The molecule has 0 radical (unpaired) electrons. The number of aromatic nitrogens is 1. The van der Waals surface area contributed by atoms with Crippen LogP contribution in [0.2, 0.25) is 0 Å². The molecule has 0 N–H and O–H groups in total. The van der Waals surface area contributed by atoms with Gasteiger partial charge in [0.2, 0.25) is 0 Å². The van der Waals surface area contributed by atoms with Crippen LogP contribution in [0.4, 0.5) is 5.69 Å². The van der Waals surface area contributed by atoms with Gasteiger partial charge in [0.05, 0.1) is 24.6 Å². The summed E-state index contributed by atoms with van der Waals surface area (Å²) in [4.78, 5) is 18.0. The van der Waals surface area contributed by atoms with E-state index in [1.54, 1.807) is 55.7 Å². The lowest BCUT2D eigenvalue weighted by molar-refractivity contribution is 0.0992. The number of benzene rings is 1. The molecule has 0 unspecified atom stereocenters. The number of carbonyl (C=O) groups excluding carboxylic acids is 1. The van der Waals surface area contributed by atoms with Crippen molar-refractivity contribution >= 4 is 27.5 Å². The lowest BCUT2D eigenvalue weighted by atomic mass is 10.2. The Morgan fingerprint density at radius 2 is 2.16 bits per heavy atom. The van der Waals surface area contributed by atoms with Crippen molar-refractivity contribution < 1.29 is 9.53 Å². The highest BCUT2D eigenvalue weighted by atomic mass is 79.9. The molecule has 1 heterocycles. The number of carbonyl (C=O) groups is 1. The van der Waals surface area contributed by atoms with Crippen molar-refractivity contribution in [3.05, 3.63) is 52.8 Å². The number of hydrogen-bond acceptors (Lipinski definition) is 3. The Hall–Kier alpha value is -1.88. The summed E-state index contributed by atoms with van der Waals surface area (Å²) >= 11 is 3.38. The fraction of sp³-hybridized carbons (Fsp3) is 0.143. The van der Waals surface area contributed by atoms with Crippen molar-refractivity contribution in [1.29, 1.82) is 0 Å². The van der Waals surface area contributed by atoms with E-state index >= 15 is 0 Å². The third-order valence-corrected chi connectivity index (χ3v) is 3.43. The van der Waals surface area contributed by atoms with Gasteiger partial charge in [-0.1, -0.05) is 0 Å². The highest BCUT2D eigenvalue weighted by Gasteiger charge is 2.17. The lowest BCUT2D eigenvalue weighted by Crippen LogP contribution is -2.26. The number of anilines is 1. The van der Waals surface area contributed by atoms with E-state index in [-0.39, 0.29) is 5.91 Å². The van der Waals surface area contributed by atoms with Crippen LogP contribution in [-0.2, 0) is 0 Å². The molecule has 2 rings (SSSR count). The van der Waals surface area contributed by atoms with Crippen LogP contribution in [0.15, 0.2) is 47.2 Å². The zero-order valence-corrected chi connectivity index (χ0v) is 12.2. The Balaban J connectivity index is 2.34. The third-order valence-electron chi connectivity index (χ3n) is 2.74. The summed E-state index contributed by atoms with van der Waals surface area (Å²) in [6.45, 7) is 0. The van der Waals surface area contributed by atoms with Crippen LogP contribution in [0.1, 0.15) is 10.4 Å². The molecule has 0 atom stereocenters. The molecule has 1 aromatic carbocycles. The van der Waals surface area contributed by atoms with Crippen molar-refractivity contribution in [3.63, 3.8) is 0 Å². The highest BCUT2D eigenvalue weighted by molar-refractivity contribution is 9.10. The van der Waals surface area contributed by atoms with E-state index < -0.39 is 0 Å². The van der Waals surface area contributed by atoms with Crippen LogP contribution < -0.4 is 9.64 Å². The third kappa shape index (κ3) is 2.93. The number of halogens is 1. The number of rotatable bonds is 3. The standard InChI is InChI=1S/C14H13BrN2O2/c1-17(10-4-3-7-16-9-10)14(18)12-8-11(19-2)5-6-13(12)15/h3-9H,1-2H3. The predicted octanol–water partition coefficient (Wildman–Crippen LogP) is 3.13. The quantitative estimate of drug-likeness (QED) is 0.872. The van der Waals surface area contributed by atoms with Crippen molar-refractivity contribution in [2.75, 3.05) is 19.1 Å². The molecule has 0 spiro atoms. The summed E-state index contributed by atoms with van der Waals surface area (Å²) < 4.78 is 5.87. The SMILES string of the molecule is COc1ccc(Br)c(C(=O)N(C)c2cccnc2)c1. The van der Waals surface area contributed by atoms with E-state index in [2.05, 4.69) is 20.9 Å². The molecule has 19 heavy (non-hydrogen) atoms. The minimum Gasteiger partial charge on any atom is -0.497 e. The molecule has 98 valence electrons. The Morgan fingerprint density at radius 3 is 2.79 bits per heavy atom. The second-order valence-corrected chi connectivity index (χ2v) is 4.78. The van der Waals surface area contributed by atoms with Gasteiger partial charge in [-0.25, -0.2) is 0 Å². The van der Waals surface area contributed by atoms with Gasteiger partial charge in [-0.15, -0.1) is 0 Å². The second-order valence-electron chi connectivity index (χ2n) is 3.92. The summed E-state index contributed by atoms with van der Waals surface area (Å²) in [5.41, 5.74) is 1.29. The molecule has 0 bridgehead atoms. The number of amides is 1. The number of hydrogen-bond donors (Lipinski definition) is 0. The van der Waals surface area contributed by atoms with Crippen LogP contribution in [0.25, 0.3) is 0 Å². The first-order chi connectivity index (χ1) is 9.13. The minimum atomic E-state index is -0.126. The average Bonchev–Trinajstić information content (AvgIpc) is 2.47. The van der Waals surface area contributed by atoms with E-state index in [4.69, 9.17) is 4.74 Å². The normalized spacial score (nSPS) is 10.1. The first kappa shape index (κ1) is 13.5. The van der Waals surface area contributed by atoms with Gasteiger partial charge in [0.25, 0.3) is 5.91 Å². The van der Waals surface area contributed by atoms with Crippen molar-refractivity contribution in [3.8, 4) is 5.75 Å². The highest BCUT2D eigenvalue weighted by Crippen LogP contribution is 2.25. The average molecular weight is 321 g/mol. The summed E-state index contributed by atoms with van der Waals surface area (Å²) in [5, 5.41) is 0. The first-order valence-corrected chi connectivity index (χ1v) is 6.44. The molecule has 0 fully saturated rings. The van der Waals surface area contributed by atoms with Crippen LogP contribution in [0.3, 0.4) is 0 Å². The molecule has 0 saturated carbocycles. The monoisotopic (exact) mass is 320 g/mol. The maximum absolute atomic E-state index is 12.4. The van der Waals surface area contributed by atoms with Gasteiger partial charge in [-0.3, -0.25) is 9.78 Å². The summed E-state index contributed by atoms with van der Waals surface area (Å²) in [7, 11) is 3.29. The summed E-state index contributed by atoms with van der Waals surface area (Å²) in [6.07, 6.45) is 3.31. The largest absolute Gasteiger partial charge is 0.497 e. The van der Waals surface area contributed by atoms with Crippen LogP contribution in [0, 0.1) is 0 Å². The first-order valence-electron chi connectivity index (χ1n) is 5.65. The second kappa shape index (κ2) is 5.84. The molecular weight excluding hydrogens is 308 g/mol. The van der Waals surface area contributed by atoms with Crippen LogP contribution >= 0.6 is 15.9 Å². The van der Waals surface area contributed by atoms with Crippen molar-refractivity contribution in [2.24, 2.45) is 0 Å². The zero-order chi connectivity index (χ0) is 13.8. The molecule has 1 amide bonds. The Morgan fingerprint density at radius 1 is 1.37 bits per heavy atom. The maximum Gasteiger partial charge on any atom is 0.259 e. The molecule has 2 aromatic rings. The van der Waals surface area contributed by atoms with Crippen molar-refractivity contribution in [2.45, 2.75) is 0 Å². The fourth-order valence-corrected chi connectivity index (χ4v) is 2.06. The maximum atomic E-state index is 12.4. The van der Waals surface area contributed by atoms with Gasteiger partial charge in [-0.2, -0.15) is 0 Å². The van der Waals surface area contributed by atoms with Gasteiger partial charge in [0.15, 0.2) is 0 Å². The fourth-order valence-electron chi connectivity index (χ4n) is 1.65. The predicted molar refractivity (Wildman–Crippen MR) is 77.7 cm³/mol. The number of nitrogens with zero attached hydrogens (tertiary/aromatic N) is 2. The molecule has 5 heteroatoms. The molecule has 0 aliphatic rings. The number of pyridine rings is 1. The minimum absolute atomic E-state index is 0.126. The Labute approximate surface area is 120 Å². The molecule has 0 aliphatic carbocycles. The lowest BCUT2D eigenvalue weighted by Gasteiger charge is -2.18. The van der Waals surface area contributed by atoms with E-state index in [0.717, 1.165) is 10.2 Å². The van der Waals surface area contributed by atoms with E-state index in [1.807, 2.05) is 6.07 Å². The molecule has 0 saturated heterocycles. The molecule has 1 aromatic heterocycles. The van der Waals surface area contributed by atoms with E-state index in [0.29, 0.717) is 11.3 Å². The van der Waals surface area contributed by atoms with E-state index in [9.17, 15) is 4.79 Å². The number of ether oxygens (including phenoxy) is 1. The van der Waals surface area contributed by atoms with Gasteiger partial charge in [-0.05, 0) is 46.3 Å². The molecular formula is C14H13BrN2O2.